The third-order valence-electron chi connectivity index (χ3n) is 4.34. The molecule has 0 aliphatic heterocycles. The van der Waals surface area contributed by atoms with Crippen LogP contribution in [0.5, 0.6) is 0 Å². The van der Waals surface area contributed by atoms with Gasteiger partial charge in [0.05, 0.1) is 10.0 Å². The molecule has 0 saturated heterocycles. The lowest BCUT2D eigenvalue weighted by Gasteiger charge is -2.13. The van der Waals surface area contributed by atoms with E-state index in [1.54, 1.807) is 24.3 Å². The SMILES string of the molecule is O=P(O)(O)C(F)c1ccc(-c2cccc(Cc3cc(Cl)c(Cl)cc3Cl)c2F)cc1. The summed E-state index contributed by atoms with van der Waals surface area (Å²) in [5, 5.41) is 0.972. The molecule has 152 valence electrons. The molecule has 0 radical (unpaired) electrons. The van der Waals surface area contributed by atoms with Gasteiger partial charge in [0.2, 0.25) is 5.91 Å². The summed E-state index contributed by atoms with van der Waals surface area (Å²) in [5.41, 5.74) is 1.49. The second-order valence-corrected chi connectivity index (χ2v) is 9.21. The zero-order valence-corrected chi connectivity index (χ0v) is 17.8. The van der Waals surface area contributed by atoms with Crippen molar-refractivity contribution < 1.29 is 23.1 Å². The van der Waals surface area contributed by atoms with Gasteiger partial charge < -0.3 is 9.79 Å². The van der Waals surface area contributed by atoms with E-state index in [1.807, 2.05) is 0 Å². The summed E-state index contributed by atoms with van der Waals surface area (Å²) in [6, 6.07) is 13.2. The van der Waals surface area contributed by atoms with Crippen LogP contribution in [0.2, 0.25) is 15.1 Å². The third-order valence-corrected chi connectivity index (χ3v) is 6.30. The Morgan fingerprint density at radius 1 is 0.897 bits per heavy atom. The van der Waals surface area contributed by atoms with Gasteiger partial charge in [-0.3, -0.25) is 4.57 Å². The lowest BCUT2D eigenvalue weighted by atomic mass is 9.97. The first-order valence-electron chi connectivity index (χ1n) is 8.28. The normalized spacial score (nSPS) is 12.8. The van der Waals surface area contributed by atoms with Crippen LogP contribution in [0.15, 0.2) is 54.6 Å². The van der Waals surface area contributed by atoms with Crippen molar-refractivity contribution in [1.29, 1.82) is 0 Å². The molecule has 2 N–H and O–H groups in total. The minimum Gasteiger partial charge on any atom is -0.322 e. The van der Waals surface area contributed by atoms with Crippen LogP contribution in [-0.2, 0) is 11.0 Å². The van der Waals surface area contributed by atoms with Gasteiger partial charge in [0.25, 0.3) is 0 Å². The molecule has 0 fully saturated rings. The summed E-state index contributed by atoms with van der Waals surface area (Å²) >= 11 is 18.1. The van der Waals surface area contributed by atoms with E-state index in [0.717, 1.165) is 0 Å². The molecule has 3 nitrogen and oxygen atoms in total. The molecule has 9 heteroatoms. The van der Waals surface area contributed by atoms with Gasteiger partial charge in [0.1, 0.15) is 5.82 Å². The average molecular weight is 478 g/mol. The topological polar surface area (TPSA) is 57.5 Å². The molecule has 0 amide bonds. The van der Waals surface area contributed by atoms with Crippen molar-refractivity contribution in [3.05, 3.63) is 92.2 Å². The number of hydrogen-bond acceptors (Lipinski definition) is 1. The fraction of sp³-hybridized carbons (Fsp3) is 0.100. The molecule has 0 aromatic heterocycles. The summed E-state index contributed by atoms with van der Waals surface area (Å²) < 4.78 is 40.0. The summed E-state index contributed by atoms with van der Waals surface area (Å²) in [6.45, 7) is 0. The number of hydrogen-bond donors (Lipinski definition) is 2. The molecule has 3 aromatic carbocycles. The highest BCUT2D eigenvalue weighted by atomic mass is 35.5. The summed E-state index contributed by atoms with van der Waals surface area (Å²) in [4.78, 5) is 17.9. The van der Waals surface area contributed by atoms with E-state index in [2.05, 4.69) is 0 Å². The molecule has 0 saturated carbocycles. The van der Waals surface area contributed by atoms with Crippen molar-refractivity contribution in [3.8, 4) is 11.1 Å². The van der Waals surface area contributed by atoms with E-state index < -0.39 is 19.3 Å². The van der Waals surface area contributed by atoms with Crippen molar-refractivity contribution in [1.82, 2.24) is 0 Å². The zero-order valence-electron chi connectivity index (χ0n) is 14.6. The summed E-state index contributed by atoms with van der Waals surface area (Å²) in [5.74, 6) is -2.92. The molecule has 1 unspecified atom stereocenters. The van der Waals surface area contributed by atoms with Crippen LogP contribution in [0.3, 0.4) is 0 Å². The quantitative estimate of drug-likeness (QED) is 0.302. The maximum atomic E-state index is 15.1. The fourth-order valence-electron chi connectivity index (χ4n) is 2.86. The lowest BCUT2D eigenvalue weighted by Crippen LogP contribution is -1.97. The van der Waals surface area contributed by atoms with Crippen LogP contribution in [0, 0.1) is 5.82 Å². The second-order valence-electron chi connectivity index (χ2n) is 6.36. The van der Waals surface area contributed by atoms with Gasteiger partial charge in [0, 0.05) is 17.0 Å². The van der Waals surface area contributed by atoms with Crippen LogP contribution in [0.4, 0.5) is 8.78 Å². The van der Waals surface area contributed by atoms with Gasteiger partial charge in [-0.05, 0) is 34.4 Å². The second kappa shape index (κ2) is 8.73. The van der Waals surface area contributed by atoms with Gasteiger partial charge in [-0.1, -0.05) is 77.3 Å². The molecule has 0 aliphatic carbocycles. The molecule has 0 bridgehead atoms. The van der Waals surface area contributed by atoms with Gasteiger partial charge in [0.15, 0.2) is 0 Å². The average Bonchev–Trinajstić information content (AvgIpc) is 2.66. The molecule has 0 aliphatic rings. The third kappa shape index (κ3) is 5.00. The van der Waals surface area contributed by atoms with Crippen molar-refractivity contribution in [3.63, 3.8) is 0 Å². The Balaban J connectivity index is 1.93. The maximum absolute atomic E-state index is 15.1. The van der Waals surface area contributed by atoms with Crippen molar-refractivity contribution >= 4 is 42.4 Å². The molecule has 0 spiro atoms. The Bertz CT molecular complexity index is 1100. The Hall–Kier alpha value is -1.46. The largest absolute Gasteiger partial charge is 0.363 e. The van der Waals surface area contributed by atoms with Gasteiger partial charge in [-0.15, -0.1) is 0 Å². The minimum atomic E-state index is -4.91. The van der Waals surface area contributed by atoms with Gasteiger partial charge >= 0.3 is 7.60 Å². The minimum absolute atomic E-state index is 0.179. The first-order chi connectivity index (χ1) is 13.6. The van der Waals surface area contributed by atoms with E-state index in [9.17, 15) is 8.96 Å². The number of alkyl halides is 1. The van der Waals surface area contributed by atoms with Crippen LogP contribution < -0.4 is 0 Å². The monoisotopic (exact) mass is 476 g/mol. The Labute approximate surface area is 181 Å². The summed E-state index contributed by atoms with van der Waals surface area (Å²) in [7, 11) is -4.91. The van der Waals surface area contributed by atoms with Crippen molar-refractivity contribution in [2.24, 2.45) is 0 Å². The predicted octanol–water partition coefficient (Wildman–Crippen LogP) is 7.19. The van der Waals surface area contributed by atoms with Gasteiger partial charge in [-0.2, -0.15) is 0 Å². The predicted molar refractivity (Wildman–Crippen MR) is 112 cm³/mol. The summed E-state index contributed by atoms with van der Waals surface area (Å²) in [6.07, 6.45) is 0.179. The number of halogens is 5. The van der Waals surface area contributed by atoms with Crippen LogP contribution >= 0.6 is 42.4 Å². The molecular weight excluding hydrogens is 464 g/mol. The van der Waals surface area contributed by atoms with Crippen molar-refractivity contribution in [2.75, 3.05) is 0 Å². The molecule has 3 aromatic rings. The van der Waals surface area contributed by atoms with E-state index in [4.69, 9.17) is 44.6 Å². The van der Waals surface area contributed by atoms with Crippen molar-refractivity contribution in [2.45, 2.75) is 12.3 Å². The smallest absolute Gasteiger partial charge is 0.322 e. The lowest BCUT2D eigenvalue weighted by molar-refractivity contribution is 0.303. The number of rotatable bonds is 5. The highest BCUT2D eigenvalue weighted by Gasteiger charge is 2.30. The van der Waals surface area contributed by atoms with E-state index >= 15 is 4.39 Å². The number of benzene rings is 3. The molecule has 1 atom stereocenters. The van der Waals surface area contributed by atoms with Crippen LogP contribution in [-0.4, -0.2) is 9.79 Å². The molecule has 3 rings (SSSR count). The maximum Gasteiger partial charge on any atom is 0.363 e. The highest BCUT2D eigenvalue weighted by Crippen LogP contribution is 2.52. The molecular formula is C20H14Cl3F2O3P. The van der Waals surface area contributed by atoms with E-state index in [-0.39, 0.29) is 17.5 Å². The van der Waals surface area contributed by atoms with Crippen LogP contribution in [0.1, 0.15) is 22.6 Å². The van der Waals surface area contributed by atoms with E-state index in [0.29, 0.717) is 31.8 Å². The molecule has 29 heavy (non-hydrogen) atoms. The van der Waals surface area contributed by atoms with Gasteiger partial charge in [-0.25, -0.2) is 8.78 Å². The Morgan fingerprint density at radius 2 is 1.52 bits per heavy atom. The van der Waals surface area contributed by atoms with Crippen LogP contribution in [0.25, 0.3) is 11.1 Å². The highest BCUT2D eigenvalue weighted by molar-refractivity contribution is 7.51. The zero-order chi connectivity index (χ0) is 21.3. The Kier molecular flexibility index (Phi) is 6.69. The fourth-order valence-corrected chi connectivity index (χ4v) is 4.06. The first-order valence-corrected chi connectivity index (χ1v) is 11.1. The Morgan fingerprint density at radius 3 is 2.14 bits per heavy atom. The standard InChI is InChI=1S/C20H14Cl3F2O3P/c21-16-10-18(23)17(22)9-14(16)8-13-2-1-3-15(19(13)24)11-4-6-12(7-5-11)20(25)29(26,27)28/h1-7,9-10,20H,8H2,(H2,26,27,28). The van der Waals surface area contributed by atoms with E-state index in [1.165, 1.54) is 30.3 Å². The first kappa shape index (κ1) is 22.2. The molecule has 0 heterocycles.